The number of nitrogens with one attached hydrogen (secondary N) is 1. The Hall–Kier alpha value is -1.09. The van der Waals surface area contributed by atoms with Crippen LogP contribution in [0.1, 0.15) is 64.0 Å². The molecule has 0 bridgehead atoms. The van der Waals surface area contributed by atoms with Gasteiger partial charge >= 0.3 is 0 Å². The molecule has 3 heteroatoms. The van der Waals surface area contributed by atoms with Crippen molar-refractivity contribution in [2.45, 2.75) is 58.4 Å². The van der Waals surface area contributed by atoms with Crippen LogP contribution in [0.25, 0.3) is 0 Å². The summed E-state index contributed by atoms with van der Waals surface area (Å²) in [7, 11) is 0. The molecule has 0 radical (unpaired) electrons. The summed E-state index contributed by atoms with van der Waals surface area (Å²) in [6.07, 6.45) is 9.88. The molecule has 0 saturated heterocycles. The van der Waals surface area contributed by atoms with E-state index in [-0.39, 0.29) is 0 Å². The highest BCUT2D eigenvalue weighted by Gasteiger charge is 2.28. The fourth-order valence-electron chi connectivity index (χ4n) is 3.66. The zero-order valence-corrected chi connectivity index (χ0v) is 12.9. The summed E-state index contributed by atoms with van der Waals surface area (Å²) < 4.78 is 0. The average molecular weight is 275 g/mol. The molecule has 1 heterocycles. The van der Waals surface area contributed by atoms with Crippen LogP contribution >= 0.6 is 0 Å². The number of nitrogens with two attached hydrogens (primary N) is 1. The maximum atomic E-state index is 6.08. The van der Waals surface area contributed by atoms with E-state index < -0.39 is 0 Å². The van der Waals surface area contributed by atoms with Crippen molar-refractivity contribution in [1.82, 2.24) is 10.3 Å². The van der Waals surface area contributed by atoms with Gasteiger partial charge in [-0.1, -0.05) is 45.6 Å². The van der Waals surface area contributed by atoms with E-state index in [4.69, 9.17) is 5.73 Å². The molecular formula is C17H29N3. The molecule has 1 aromatic heterocycles. The van der Waals surface area contributed by atoms with Crippen molar-refractivity contribution in [2.75, 3.05) is 12.3 Å². The first-order valence-electron chi connectivity index (χ1n) is 8.20. The van der Waals surface area contributed by atoms with Crippen molar-refractivity contribution in [1.29, 1.82) is 0 Å². The second-order valence-electron chi connectivity index (χ2n) is 6.08. The standard InChI is InChI=1S/C17H29N3/c1-3-6-13-8-10-14(11-9-13)16(19-4-2)15-7-5-12-20-17(15)18/h5,7,12-14,16,19H,3-4,6,8-11H2,1-2H3,(H2,18,20). The van der Waals surface area contributed by atoms with Gasteiger partial charge in [0.05, 0.1) is 0 Å². The predicted octanol–water partition coefficient (Wildman–Crippen LogP) is 3.92. The van der Waals surface area contributed by atoms with Crippen molar-refractivity contribution < 1.29 is 0 Å². The highest BCUT2D eigenvalue weighted by atomic mass is 14.9. The summed E-state index contributed by atoms with van der Waals surface area (Å²) in [5.41, 5.74) is 7.27. The van der Waals surface area contributed by atoms with Gasteiger partial charge in [0.1, 0.15) is 5.82 Å². The lowest BCUT2D eigenvalue weighted by Crippen LogP contribution is -2.31. The Labute approximate surface area is 123 Å². The lowest BCUT2D eigenvalue weighted by molar-refractivity contribution is 0.216. The molecular weight excluding hydrogens is 246 g/mol. The van der Waals surface area contributed by atoms with Gasteiger partial charge < -0.3 is 11.1 Å². The van der Waals surface area contributed by atoms with Gasteiger partial charge in [0.25, 0.3) is 0 Å². The van der Waals surface area contributed by atoms with E-state index in [0.717, 1.165) is 12.5 Å². The largest absolute Gasteiger partial charge is 0.383 e. The number of pyridine rings is 1. The quantitative estimate of drug-likeness (QED) is 0.827. The van der Waals surface area contributed by atoms with Crippen LogP contribution in [0.15, 0.2) is 18.3 Å². The van der Waals surface area contributed by atoms with E-state index in [2.05, 4.69) is 30.2 Å². The van der Waals surface area contributed by atoms with Crippen molar-refractivity contribution >= 4 is 5.82 Å². The Balaban J connectivity index is 2.05. The molecule has 2 rings (SSSR count). The maximum Gasteiger partial charge on any atom is 0.128 e. The smallest absolute Gasteiger partial charge is 0.128 e. The summed E-state index contributed by atoms with van der Waals surface area (Å²) in [6, 6.07) is 4.50. The van der Waals surface area contributed by atoms with E-state index in [1.54, 1.807) is 6.20 Å². The molecule has 0 aromatic carbocycles. The van der Waals surface area contributed by atoms with Crippen LogP contribution in [0.5, 0.6) is 0 Å². The van der Waals surface area contributed by atoms with E-state index in [1.165, 1.54) is 44.1 Å². The van der Waals surface area contributed by atoms with Crippen molar-refractivity contribution in [3.63, 3.8) is 0 Å². The number of hydrogen-bond donors (Lipinski definition) is 2. The van der Waals surface area contributed by atoms with Gasteiger partial charge in [-0.2, -0.15) is 0 Å². The van der Waals surface area contributed by atoms with E-state index >= 15 is 0 Å². The highest BCUT2D eigenvalue weighted by molar-refractivity contribution is 5.41. The average Bonchev–Trinajstić information content (AvgIpc) is 2.47. The summed E-state index contributed by atoms with van der Waals surface area (Å²) in [5.74, 6) is 2.34. The molecule has 20 heavy (non-hydrogen) atoms. The molecule has 1 fully saturated rings. The second-order valence-corrected chi connectivity index (χ2v) is 6.08. The first-order valence-corrected chi connectivity index (χ1v) is 8.20. The van der Waals surface area contributed by atoms with Crippen molar-refractivity contribution in [3.05, 3.63) is 23.9 Å². The summed E-state index contributed by atoms with van der Waals surface area (Å²) in [6.45, 7) is 5.44. The molecule has 1 aromatic rings. The first kappa shape index (κ1) is 15.3. The Morgan fingerprint density at radius 2 is 2.05 bits per heavy atom. The topological polar surface area (TPSA) is 50.9 Å². The molecule has 1 saturated carbocycles. The molecule has 1 aliphatic rings. The fraction of sp³-hybridized carbons (Fsp3) is 0.706. The van der Waals surface area contributed by atoms with Gasteiger partial charge in [-0.05, 0) is 37.3 Å². The second kappa shape index (κ2) is 7.63. The third-order valence-corrected chi connectivity index (χ3v) is 4.69. The minimum atomic E-state index is 0.372. The number of rotatable bonds is 6. The van der Waals surface area contributed by atoms with Crippen molar-refractivity contribution in [2.24, 2.45) is 11.8 Å². The third kappa shape index (κ3) is 3.72. The fourth-order valence-corrected chi connectivity index (χ4v) is 3.66. The zero-order valence-electron chi connectivity index (χ0n) is 12.9. The highest BCUT2D eigenvalue weighted by Crippen LogP contribution is 2.39. The molecule has 0 aliphatic heterocycles. The lowest BCUT2D eigenvalue weighted by Gasteiger charge is -2.34. The van der Waals surface area contributed by atoms with Crippen LogP contribution in [0, 0.1) is 11.8 Å². The van der Waals surface area contributed by atoms with Crippen LogP contribution in [-0.4, -0.2) is 11.5 Å². The maximum absolute atomic E-state index is 6.08. The minimum absolute atomic E-state index is 0.372. The van der Waals surface area contributed by atoms with E-state index in [0.29, 0.717) is 17.8 Å². The molecule has 3 N–H and O–H groups in total. The van der Waals surface area contributed by atoms with Crippen LogP contribution in [-0.2, 0) is 0 Å². The monoisotopic (exact) mass is 275 g/mol. The van der Waals surface area contributed by atoms with Gasteiger partial charge in [0, 0.05) is 17.8 Å². The number of hydrogen-bond acceptors (Lipinski definition) is 3. The number of aromatic nitrogens is 1. The number of nitrogens with zero attached hydrogens (tertiary/aromatic N) is 1. The lowest BCUT2D eigenvalue weighted by atomic mass is 9.75. The van der Waals surface area contributed by atoms with Gasteiger partial charge in [0.15, 0.2) is 0 Å². The van der Waals surface area contributed by atoms with E-state index in [9.17, 15) is 0 Å². The zero-order chi connectivity index (χ0) is 14.4. The molecule has 1 unspecified atom stereocenters. The van der Waals surface area contributed by atoms with Gasteiger partial charge in [-0.3, -0.25) is 0 Å². The molecule has 112 valence electrons. The Kier molecular flexibility index (Phi) is 5.84. The summed E-state index contributed by atoms with van der Waals surface area (Å²) in [5, 5.41) is 3.64. The molecule has 0 spiro atoms. The molecule has 1 aliphatic carbocycles. The van der Waals surface area contributed by atoms with Gasteiger partial charge in [-0.25, -0.2) is 4.98 Å². The van der Waals surface area contributed by atoms with E-state index in [1.807, 2.05) is 6.07 Å². The predicted molar refractivity (Wildman–Crippen MR) is 85.4 cm³/mol. The van der Waals surface area contributed by atoms with Crippen LogP contribution in [0.4, 0.5) is 5.82 Å². The third-order valence-electron chi connectivity index (χ3n) is 4.69. The van der Waals surface area contributed by atoms with Crippen molar-refractivity contribution in [3.8, 4) is 0 Å². The normalized spacial score (nSPS) is 24.5. The summed E-state index contributed by atoms with van der Waals surface area (Å²) in [4.78, 5) is 4.26. The van der Waals surface area contributed by atoms with Crippen LogP contribution in [0.3, 0.4) is 0 Å². The van der Waals surface area contributed by atoms with Gasteiger partial charge in [-0.15, -0.1) is 0 Å². The Morgan fingerprint density at radius 3 is 2.65 bits per heavy atom. The molecule has 1 atom stereocenters. The number of anilines is 1. The van der Waals surface area contributed by atoms with Gasteiger partial charge in [0.2, 0.25) is 0 Å². The molecule has 0 amide bonds. The minimum Gasteiger partial charge on any atom is -0.383 e. The molecule has 3 nitrogen and oxygen atoms in total. The summed E-state index contributed by atoms with van der Waals surface area (Å²) >= 11 is 0. The Morgan fingerprint density at radius 1 is 1.30 bits per heavy atom. The van der Waals surface area contributed by atoms with Crippen LogP contribution in [0.2, 0.25) is 0 Å². The first-order chi connectivity index (χ1) is 9.76. The number of nitrogen functional groups attached to an aromatic ring is 1. The van der Waals surface area contributed by atoms with Crippen LogP contribution < -0.4 is 11.1 Å². The SMILES string of the molecule is CCCC1CCC(C(NCC)c2cccnc2N)CC1. The Bertz CT molecular complexity index is 397.